The van der Waals surface area contributed by atoms with Crippen LogP contribution in [0.2, 0.25) is 0 Å². The van der Waals surface area contributed by atoms with Crippen molar-refractivity contribution >= 4 is 17.3 Å². The minimum absolute atomic E-state index is 0.115. The fraction of sp³-hybridized carbons (Fsp3) is 0.667. The number of nitrogens with zero attached hydrogens (tertiary/aromatic N) is 1. The van der Waals surface area contributed by atoms with E-state index in [-0.39, 0.29) is 5.88 Å². The van der Waals surface area contributed by atoms with Crippen molar-refractivity contribution in [3.63, 3.8) is 0 Å². The highest BCUT2D eigenvalue weighted by atomic mass is 32.2. The number of rotatable bonds is 2. The summed E-state index contributed by atoms with van der Waals surface area (Å²) in [6.45, 7) is 1.67. The SMILES string of the molecule is CC=NCS(=O)[O-]. The standard InChI is InChI=1S/C3H7NO2S/c1-2-4-3-7(5)6/h2H,3H2,1H3,(H,5,6)/p-1. The zero-order valence-corrected chi connectivity index (χ0v) is 4.77. The van der Waals surface area contributed by atoms with Gasteiger partial charge in [-0.1, -0.05) is 0 Å². The molecule has 0 aliphatic heterocycles. The molecule has 0 spiro atoms. The molecule has 0 bridgehead atoms. The molecule has 0 aromatic carbocycles. The third-order valence-corrected chi connectivity index (χ3v) is 0.722. The predicted octanol–water partition coefficient (Wildman–Crippen LogP) is -0.0863. The Bertz CT molecular complexity index is 90.9. The molecule has 7 heavy (non-hydrogen) atoms. The lowest BCUT2D eigenvalue weighted by atomic mass is 10.9. The summed E-state index contributed by atoms with van der Waals surface area (Å²) in [5.74, 6) is -0.115. The number of aliphatic imine (C=N–C) groups is 1. The van der Waals surface area contributed by atoms with E-state index in [9.17, 15) is 8.76 Å². The Kier molecular flexibility index (Phi) is 3.83. The van der Waals surface area contributed by atoms with Gasteiger partial charge in [-0.3, -0.25) is 9.20 Å². The van der Waals surface area contributed by atoms with Crippen LogP contribution in [0.25, 0.3) is 0 Å². The van der Waals surface area contributed by atoms with E-state index in [1.54, 1.807) is 6.92 Å². The van der Waals surface area contributed by atoms with Crippen molar-refractivity contribution in [2.45, 2.75) is 6.92 Å². The van der Waals surface area contributed by atoms with Gasteiger partial charge in [0.25, 0.3) is 0 Å². The molecule has 0 aromatic heterocycles. The van der Waals surface area contributed by atoms with Crippen molar-refractivity contribution in [1.82, 2.24) is 0 Å². The van der Waals surface area contributed by atoms with E-state index in [0.717, 1.165) is 0 Å². The van der Waals surface area contributed by atoms with Crippen LogP contribution < -0.4 is 0 Å². The lowest BCUT2D eigenvalue weighted by molar-refractivity contribution is 0.537. The first-order chi connectivity index (χ1) is 3.27. The summed E-state index contributed by atoms with van der Waals surface area (Å²) in [4.78, 5) is 3.43. The molecule has 4 heteroatoms. The van der Waals surface area contributed by atoms with Gasteiger partial charge < -0.3 is 4.55 Å². The molecule has 42 valence electrons. The molecule has 0 N–H and O–H groups in total. The van der Waals surface area contributed by atoms with E-state index in [1.165, 1.54) is 6.21 Å². The molecule has 0 aromatic rings. The van der Waals surface area contributed by atoms with E-state index < -0.39 is 11.1 Å². The van der Waals surface area contributed by atoms with Gasteiger partial charge in [0, 0.05) is 0 Å². The summed E-state index contributed by atoms with van der Waals surface area (Å²) < 4.78 is 19.3. The molecule has 0 radical (unpaired) electrons. The van der Waals surface area contributed by atoms with Gasteiger partial charge in [-0.25, -0.2) is 0 Å². The van der Waals surface area contributed by atoms with Gasteiger partial charge in [0.05, 0.1) is 0 Å². The highest BCUT2D eigenvalue weighted by molar-refractivity contribution is 7.79. The van der Waals surface area contributed by atoms with Gasteiger partial charge in [-0.15, -0.1) is 0 Å². The average Bonchev–Trinajstić information content (AvgIpc) is 1.61. The highest BCUT2D eigenvalue weighted by Gasteiger charge is 1.70. The molecule has 1 atom stereocenters. The van der Waals surface area contributed by atoms with Crippen LogP contribution in [0.1, 0.15) is 6.92 Å². The monoisotopic (exact) mass is 120 g/mol. The van der Waals surface area contributed by atoms with E-state index in [4.69, 9.17) is 0 Å². The lowest BCUT2D eigenvalue weighted by Gasteiger charge is -1.95. The molecule has 0 heterocycles. The molecule has 0 fully saturated rings. The molecule has 0 amide bonds. The van der Waals surface area contributed by atoms with Crippen molar-refractivity contribution in [3.8, 4) is 0 Å². The second-order valence-electron chi connectivity index (χ2n) is 0.874. The van der Waals surface area contributed by atoms with Crippen LogP contribution >= 0.6 is 0 Å². The number of hydrogen-bond acceptors (Lipinski definition) is 3. The Morgan fingerprint density at radius 1 is 2.00 bits per heavy atom. The van der Waals surface area contributed by atoms with Gasteiger partial charge in [0.15, 0.2) is 0 Å². The van der Waals surface area contributed by atoms with Crippen LogP contribution in [-0.4, -0.2) is 20.9 Å². The summed E-state index contributed by atoms with van der Waals surface area (Å²) in [5.41, 5.74) is 0. The molecular weight excluding hydrogens is 114 g/mol. The van der Waals surface area contributed by atoms with Crippen molar-refractivity contribution in [2.75, 3.05) is 5.88 Å². The van der Waals surface area contributed by atoms with Crippen LogP contribution in [-0.2, 0) is 11.1 Å². The molecular formula is C3H6NO2S-. The van der Waals surface area contributed by atoms with E-state index in [0.29, 0.717) is 0 Å². The van der Waals surface area contributed by atoms with Crippen LogP contribution in [0.15, 0.2) is 4.99 Å². The molecule has 0 saturated heterocycles. The van der Waals surface area contributed by atoms with Crippen molar-refractivity contribution in [3.05, 3.63) is 0 Å². The van der Waals surface area contributed by atoms with Gasteiger partial charge in [-0.2, -0.15) is 0 Å². The molecule has 1 unspecified atom stereocenters. The van der Waals surface area contributed by atoms with E-state index in [2.05, 4.69) is 4.99 Å². The second kappa shape index (κ2) is 3.95. The Morgan fingerprint density at radius 2 is 2.57 bits per heavy atom. The maximum Gasteiger partial charge on any atom is 0.101 e. The Labute approximate surface area is 44.7 Å². The summed E-state index contributed by atoms with van der Waals surface area (Å²) in [5, 5.41) is 0. The maximum atomic E-state index is 9.64. The minimum Gasteiger partial charge on any atom is -0.771 e. The average molecular weight is 120 g/mol. The third kappa shape index (κ3) is 5.78. The predicted molar refractivity (Wildman–Crippen MR) is 28.0 cm³/mol. The quantitative estimate of drug-likeness (QED) is 0.378. The smallest absolute Gasteiger partial charge is 0.101 e. The zero-order valence-electron chi connectivity index (χ0n) is 3.96. The van der Waals surface area contributed by atoms with Crippen molar-refractivity contribution in [2.24, 2.45) is 4.99 Å². The molecule has 3 nitrogen and oxygen atoms in total. The lowest BCUT2D eigenvalue weighted by Crippen LogP contribution is -1.89. The Hall–Kier alpha value is -0.220. The highest BCUT2D eigenvalue weighted by Crippen LogP contribution is 1.71. The summed E-state index contributed by atoms with van der Waals surface area (Å²) in [6.07, 6.45) is 1.45. The first-order valence-corrected chi connectivity index (χ1v) is 3.02. The van der Waals surface area contributed by atoms with Crippen molar-refractivity contribution < 1.29 is 8.76 Å². The largest absolute Gasteiger partial charge is 0.771 e. The summed E-state index contributed by atoms with van der Waals surface area (Å²) in [6, 6.07) is 0. The zero-order chi connectivity index (χ0) is 5.70. The normalized spacial score (nSPS) is 15.1. The summed E-state index contributed by atoms with van der Waals surface area (Å²) >= 11 is -2.01. The molecule has 0 aliphatic carbocycles. The Balaban J connectivity index is 3.14. The fourth-order valence-corrected chi connectivity index (χ4v) is 0.406. The van der Waals surface area contributed by atoms with Gasteiger partial charge in [0.1, 0.15) is 5.88 Å². The first-order valence-electron chi connectivity index (χ1n) is 1.77. The van der Waals surface area contributed by atoms with Gasteiger partial charge in [0.2, 0.25) is 0 Å². The van der Waals surface area contributed by atoms with Crippen molar-refractivity contribution in [1.29, 1.82) is 0 Å². The van der Waals surface area contributed by atoms with Crippen LogP contribution in [0.3, 0.4) is 0 Å². The maximum absolute atomic E-state index is 9.64. The first kappa shape index (κ1) is 6.78. The van der Waals surface area contributed by atoms with Crippen LogP contribution in [0.5, 0.6) is 0 Å². The molecule has 0 aliphatic rings. The van der Waals surface area contributed by atoms with E-state index >= 15 is 0 Å². The van der Waals surface area contributed by atoms with E-state index in [1.807, 2.05) is 0 Å². The Morgan fingerprint density at radius 3 is 2.71 bits per heavy atom. The van der Waals surface area contributed by atoms with Gasteiger partial charge in [-0.05, 0) is 24.2 Å². The summed E-state index contributed by atoms with van der Waals surface area (Å²) in [7, 11) is 0. The van der Waals surface area contributed by atoms with Crippen LogP contribution in [0, 0.1) is 0 Å². The second-order valence-corrected chi connectivity index (χ2v) is 1.74. The molecule has 0 saturated carbocycles. The van der Waals surface area contributed by atoms with Gasteiger partial charge >= 0.3 is 0 Å². The third-order valence-electron chi connectivity index (χ3n) is 0.363. The molecule has 0 rings (SSSR count). The number of hydrogen-bond donors (Lipinski definition) is 0. The minimum atomic E-state index is -2.01. The topological polar surface area (TPSA) is 52.5 Å². The van der Waals surface area contributed by atoms with Crippen LogP contribution in [0.4, 0.5) is 0 Å². The fourth-order valence-electron chi connectivity index (χ4n) is 0.135.